The molecule has 3 nitrogen and oxygen atoms in total. The van der Waals surface area contributed by atoms with E-state index >= 15 is 0 Å². The highest BCUT2D eigenvalue weighted by atomic mass is 32.3. The molecule has 3 rings (SSSR count). The standard InChI is InChI=1S/C20H26N2OS/c1-16-6-7-17-18(14-16)20(23-19(17)15-21)8-11-22(12-9-20)10-5-13-24(2,3)4/h6-7,14,19H,8-12H2,1-4H3. The molecule has 2 aliphatic rings. The van der Waals surface area contributed by atoms with Crippen LogP contribution in [0.5, 0.6) is 0 Å². The molecule has 0 radical (unpaired) electrons. The first-order chi connectivity index (χ1) is 11.3. The number of piperidine rings is 1. The molecule has 2 aliphatic heterocycles. The van der Waals surface area contributed by atoms with Crippen LogP contribution in [0.3, 0.4) is 0 Å². The number of rotatable bonds is 1. The molecule has 128 valence electrons. The molecule has 24 heavy (non-hydrogen) atoms. The van der Waals surface area contributed by atoms with Crippen LogP contribution in [0.15, 0.2) is 18.2 Å². The Balaban J connectivity index is 1.73. The highest BCUT2D eigenvalue weighted by Crippen LogP contribution is 2.49. The Bertz CT molecular complexity index is 725. The van der Waals surface area contributed by atoms with Crippen LogP contribution >= 0.6 is 10.0 Å². The number of hydrogen-bond acceptors (Lipinski definition) is 3. The average molecular weight is 343 g/mol. The van der Waals surface area contributed by atoms with Crippen LogP contribution in [0.2, 0.25) is 0 Å². The van der Waals surface area contributed by atoms with Crippen molar-refractivity contribution in [3.05, 3.63) is 34.9 Å². The van der Waals surface area contributed by atoms with Gasteiger partial charge in [-0.1, -0.05) is 34.9 Å². The molecule has 2 heterocycles. The summed E-state index contributed by atoms with van der Waals surface area (Å²) in [4.78, 5) is 2.40. The third-order valence-corrected chi connectivity index (χ3v) is 5.54. The third-order valence-electron chi connectivity index (χ3n) is 4.79. The summed E-state index contributed by atoms with van der Waals surface area (Å²) in [6.45, 7) is 4.88. The van der Waals surface area contributed by atoms with Crippen molar-refractivity contribution in [2.75, 3.05) is 38.4 Å². The van der Waals surface area contributed by atoms with Crippen LogP contribution in [-0.4, -0.2) is 43.3 Å². The third kappa shape index (κ3) is 3.47. The van der Waals surface area contributed by atoms with Gasteiger partial charge in [-0.15, -0.1) is 0 Å². The van der Waals surface area contributed by atoms with E-state index < -0.39 is 16.1 Å². The van der Waals surface area contributed by atoms with Crippen molar-refractivity contribution >= 4 is 10.0 Å². The van der Waals surface area contributed by atoms with Gasteiger partial charge in [0.25, 0.3) is 0 Å². The first-order valence-electron chi connectivity index (χ1n) is 8.42. The van der Waals surface area contributed by atoms with Crippen LogP contribution < -0.4 is 0 Å². The van der Waals surface area contributed by atoms with Gasteiger partial charge >= 0.3 is 0 Å². The number of likely N-dealkylation sites (tertiary alicyclic amines) is 1. The Morgan fingerprint density at radius 2 is 2.00 bits per heavy atom. The summed E-state index contributed by atoms with van der Waals surface area (Å²) in [5.41, 5.74) is 3.25. The molecule has 0 aliphatic carbocycles. The maximum Gasteiger partial charge on any atom is 0.170 e. The molecule has 1 spiro atoms. The van der Waals surface area contributed by atoms with E-state index in [1.54, 1.807) is 0 Å². The number of fused-ring (bicyclic) bond motifs is 2. The van der Waals surface area contributed by atoms with Crippen LogP contribution in [0.4, 0.5) is 0 Å². The van der Waals surface area contributed by atoms with Gasteiger partial charge in [0.2, 0.25) is 0 Å². The average Bonchev–Trinajstić information content (AvgIpc) is 2.82. The lowest BCUT2D eigenvalue weighted by Gasteiger charge is -2.38. The van der Waals surface area contributed by atoms with E-state index in [2.05, 4.69) is 66.0 Å². The fourth-order valence-electron chi connectivity index (χ4n) is 3.56. The van der Waals surface area contributed by atoms with E-state index in [0.29, 0.717) is 0 Å². The fraction of sp³-hybridized carbons (Fsp3) is 0.550. The van der Waals surface area contributed by atoms with Gasteiger partial charge in [0.05, 0.1) is 18.2 Å². The summed E-state index contributed by atoms with van der Waals surface area (Å²) in [7, 11) is -0.751. The molecule has 1 unspecified atom stereocenters. The van der Waals surface area contributed by atoms with Crippen LogP contribution in [-0.2, 0) is 10.3 Å². The zero-order chi connectivity index (χ0) is 17.4. The summed E-state index contributed by atoms with van der Waals surface area (Å²) in [6.07, 6.45) is 8.12. The smallest absolute Gasteiger partial charge is 0.170 e. The van der Waals surface area contributed by atoms with Gasteiger partial charge in [0.1, 0.15) is 0 Å². The maximum absolute atomic E-state index is 9.44. The Morgan fingerprint density at radius 3 is 2.62 bits per heavy atom. The van der Waals surface area contributed by atoms with Crippen LogP contribution in [0.25, 0.3) is 0 Å². The van der Waals surface area contributed by atoms with Gasteiger partial charge in [0, 0.05) is 18.7 Å². The summed E-state index contributed by atoms with van der Waals surface area (Å²) < 4.78 is 6.25. The van der Waals surface area contributed by atoms with E-state index in [1.165, 1.54) is 11.1 Å². The summed E-state index contributed by atoms with van der Waals surface area (Å²) >= 11 is 0. The van der Waals surface area contributed by atoms with Crippen molar-refractivity contribution in [3.8, 4) is 17.2 Å². The van der Waals surface area contributed by atoms with E-state index in [-0.39, 0.29) is 5.60 Å². The predicted octanol–water partition coefficient (Wildman–Crippen LogP) is 3.54. The number of ether oxygens (including phenoxy) is 1. The van der Waals surface area contributed by atoms with Gasteiger partial charge in [0.15, 0.2) is 6.10 Å². The molecule has 0 amide bonds. The van der Waals surface area contributed by atoms with E-state index in [9.17, 15) is 5.26 Å². The summed E-state index contributed by atoms with van der Waals surface area (Å²) in [5.74, 6) is 3.34. The molecule has 0 saturated carbocycles. The number of benzene rings is 1. The highest BCUT2D eigenvalue weighted by Gasteiger charge is 2.46. The maximum atomic E-state index is 9.44. The second-order valence-electron chi connectivity index (χ2n) is 7.60. The highest BCUT2D eigenvalue weighted by molar-refractivity contribution is 8.35. The first kappa shape index (κ1) is 17.4. The van der Waals surface area contributed by atoms with Gasteiger partial charge in [-0.05, 0) is 44.1 Å². The molecular formula is C20H26N2OS. The molecule has 1 aromatic carbocycles. The van der Waals surface area contributed by atoms with Crippen molar-refractivity contribution in [1.82, 2.24) is 4.90 Å². The zero-order valence-corrected chi connectivity index (χ0v) is 15.9. The van der Waals surface area contributed by atoms with Gasteiger partial charge in [-0.25, -0.2) is 0 Å². The van der Waals surface area contributed by atoms with Gasteiger partial charge in [-0.2, -0.15) is 15.3 Å². The van der Waals surface area contributed by atoms with Crippen molar-refractivity contribution in [2.45, 2.75) is 31.5 Å². The molecule has 1 atom stereocenters. The minimum atomic E-state index is -0.751. The summed E-state index contributed by atoms with van der Waals surface area (Å²) in [6, 6.07) is 8.67. The molecule has 4 heteroatoms. The lowest BCUT2D eigenvalue weighted by atomic mass is 9.83. The molecule has 1 aromatic rings. The minimum Gasteiger partial charge on any atom is -0.347 e. The van der Waals surface area contributed by atoms with Crippen molar-refractivity contribution in [2.24, 2.45) is 0 Å². The lowest BCUT2D eigenvalue weighted by Crippen LogP contribution is -2.42. The van der Waals surface area contributed by atoms with E-state index in [4.69, 9.17) is 4.74 Å². The Hall–Kier alpha value is -1.46. The number of nitriles is 1. The largest absolute Gasteiger partial charge is 0.347 e. The molecule has 1 fully saturated rings. The topological polar surface area (TPSA) is 36.3 Å². The van der Waals surface area contributed by atoms with Crippen LogP contribution in [0, 0.1) is 29.4 Å². The van der Waals surface area contributed by atoms with Gasteiger partial charge < -0.3 is 4.74 Å². The molecule has 0 aromatic heterocycles. The Kier molecular flexibility index (Phi) is 4.67. The second kappa shape index (κ2) is 6.45. The minimum absolute atomic E-state index is 0.277. The molecule has 0 bridgehead atoms. The normalized spacial score (nSPS) is 23.2. The number of nitrogens with zero attached hydrogens (tertiary/aromatic N) is 2. The molecule has 0 N–H and O–H groups in total. The SMILES string of the molecule is Cc1ccc2c(c1)C1(CCN(CC#CS(C)(C)C)CC1)OC2C#N. The fourth-order valence-corrected chi connectivity index (χ4v) is 4.06. The second-order valence-corrected chi connectivity index (χ2v) is 11.5. The van der Waals surface area contributed by atoms with E-state index in [0.717, 1.165) is 38.0 Å². The van der Waals surface area contributed by atoms with Crippen molar-refractivity contribution in [3.63, 3.8) is 0 Å². The van der Waals surface area contributed by atoms with Crippen molar-refractivity contribution < 1.29 is 4.74 Å². The zero-order valence-electron chi connectivity index (χ0n) is 15.1. The van der Waals surface area contributed by atoms with Crippen LogP contribution in [0.1, 0.15) is 35.6 Å². The number of aryl methyl sites for hydroxylation is 1. The van der Waals surface area contributed by atoms with E-state index in [1.807, 2.05) is 0 Å². The Morgan fingerprint density at radius 1 is 1.29 bits per heavy atom. The lowest BCUT2D eigenvalue weighted by molar-refractivity contribution is -0.0909. The number of hydrogen-bond donors (Lipinski definition) is 0. The molecular weight excluding hydrogens is 316 g/mol. The van der Waals surface area contributed by atoms with Crippen molar-refractivity contribution in [1.29, 1.82) is 5.26 Å². The predicted molar refractivity (Wildman–Crippen MR) is 101 cm³/mol. The molecule has 1 saturated heterocycles. The summed E-state index contributed by atoms with van der Waals surface area (Å²) in [5, 5.41) is 12.8. The quantitative estimate of drug-likeness (QED) is 0.733. The first-order valence-corrected chi connectivity index (χ1v) is 11.3. The monoisotopic (exact) mass is 342 g/mol. The Labute approximate surface area is 147 Å². The van der Waals surface area contributed by atoms with Gasteiger partial charge in [-0.3, -0.25) is 4.90 Å².